The first-order valence-electron chi connectivity index (χ1n) is 7.75. The summed E-state index contributed by atoms with van der Waals surface area (Å²) < 4.78 is 23.3. The van der Waals surface area contributed by atoms with Crippen LogP contribution in [0, 0.1) is 5.82 Å². The summed E-state index contributed by atoms with van der Waals surface area (Å²) in [5.41, 5.74) is 1.24. The summed E-state index contributed by atoms with van der Waals surface area (Å²) in [5.74, 6) is -1.49. The Morgan fingerprint density at radius 2 is 1.80 bits per heavy atom. The maximum atomic E-state index is 13.3. The maximum absolute atomic E-state index is 13.3. The number of esters is 1. The zero-order valence-electron chi connectivity index (χ0n) is 14.1. The smallest absolute Gasteiger partial charge is 0.328 e. The minimum Gasteiger partial charge on any atom is -0.467 e. The van der Waals surface area contributed by atoms with Crippen molar-refractivity contribution < 1.29 is 23.5 Å². The fourth-order valence-electron chi connectivity index (χ4n) is 2.50. The summed E-state index contributed by atoms with van der Waals surface area (Å²) in [4.78, 5) is 24.6. The lowest BCUT2D eigenvalue weighted by atomic mass is 10.0. The van der Waals surface area contributed by atoms with Gasteiger partial charge in [0, 0.05) is 13.5 Å². The zero-order chi connectivity index (χ0) is 18.2. The van der Waals surface area contributed by atoms with Crippen molar-refractivity contribution in [2.24, 2.45) is 0 Å². The van der Waals surface area contributed by atoms with E-state index >= 15 is 0 Å². The van der Waals surface area contributed by atoms with Crippen molar-refractivity contribution in [2.75, 3.05) is 14.2 Å². The molecule has 2 rings (SSSR count). The molecule has 0 saturated carbocycles. The van der Waals surface area contributed by atoms with E-state index in [0.29, 0.717) is 11.1 Å². The molecule has 0 bridgehead atoms. The highest BCUT2D eigenvalue weighted by atomic mass is 19.1. The van der Waals surface area contributed by atoms with Gasteiger partial charge in [-0.3, -0.25) is 4.79 Å². The molecule has 0 aliphatic carbocycles. The van der Waals surface area contributed by atoms with E-state index in [2.05, 4.69) is 5.32 Å². The molecule has 0 spiro atoms. The van der Waals surface area contributed by atoms with Crippen LogP contribution in [0.2, 0.25) is 0 Å². The quantitative estimate of drug-likeness (QED) is 0.783. The summed E-state index contributed by atoms with van der Waals surface area (Å²) in [6.07, 6.45) is -0.748. The Balaban J connectivity index is 2.15. The zero-order valence-corrected chi connectivity index (χ0v) is 14.1. The van der Waals surface area contributed by atoms with Gasteiger partial charge in [0.1, 0.15) is 11.9 Å². The van der Waals surface area contributed by atoms with Crippen molar-refractivity contribution in [1.82, 2.24) is 5.32 Å². The van der Waals surface area contributed by atoms with Crippen LogP contribution in [0.25, 0.3) is 0 Å². The predicted molar refractivity (Wildman–Crippen MR) is 90.2 cm³/mol. The molecular formula is C19H20FNO4. The normalized spacial score (nSPS) is 12.9. The van der Waals surface area contributed by atoms with Gasteiger partial charge in [-0.1, -0.05) is 42.5 Å². The van der Waals surface area contributed by atoms with Crippen LogP contribution in [-0.2, 0) is 25.5 Å². The number of rotatable bonds is 7. The van der Waals surface area contributed by atoms with E-state index in [-0.39, 0.29) is 6.42 Å². The molecule has 0 heterocycles. The van der Waals surface area contributed by atoms with Crippen molar-refractivity contribution in [3.05, 3.63) is 71.5 Å². The molecule has 0 aromatic heterocycles. The van der Waals surface area contributed by atoms with E-state index in [1.54, 1.807) is 36.4 Å². The number of hydrogen-bond donors (Lipinski definition) is 1. The summed E-state index contributed by atoms with van der Waals surface area (Å²) >= 11 is 0. The highest BCUT2D eigenvalue weighted by Gasteiger charge is 2.27. The second-order valence-electron chi connectivity index (χ2n) is 5.44. The number of nitrogens with one attached hydrogen (secondary N) is 1. The Labute approximate surface area is 145 Å². The highest BCUT2D eigenvalue weighted by molar-refractivity contribution is 5.87. The van der Waals surface area contributed by atoms with E-state index < -0.39 is 29.8 Å². The van der Waals surface area contributed by atoms with E-state index in [1.807, 2.05) is 6.07 Å². The van der Waals surface area contributed by atoms with E-state index in [1.165, 1.54) is 26.4 Å². The van der Waals surface area contributed by atoms with Crippen LogP contribution in [-0.4, -0.2) is 32.1 Å². The molecule has 0 saturated heterocycles. The third kappa shape index (κ3) is 5.12. The lowest BCUT2D eigenvalue weighted by Crippen LogP contribution is -2.45. The molecule has 1 N–H and O–H groups in total. The molecule has 0 aliphatic rings. The number of ether oxygens (including phenoxy) is 2. The van der Waals surface area contributed by atoms with Gasteiger partial charge in [0.2, 0.25) is 0 Å². The van der Waals surface area contributed by atoms with Crippen molar-refractivity contribution in [3.8, 4) is 0 Å². The van der Waals surface area contributed by atoms with Gasteiger partial charge in [-0.05, 0) is 23.3 Å². The van der Waals surface area contributed by atoms with Crippen LogP contribution in [0.3, 0.4) is 0 Å². The molecule has 132 valence electrons. The largest absolute Gasteiger partial charge is 0.467 e. The lowest BCUT2D eigenvalue weighted by molar-refractivity contribution is -0.146. The molecule has 0 radical (unpaired) electrons. The fourth-order valence-corrected chi connectivity index (χ4v) is 2.50. The molecule has 0 unspecified atom stereocenters. The van der Waals surface area contributed by atoms with Crippen molar-refractivity contribution in [1.29, 1.82) is 0 Å². The van der Waals surface area contributed by atoms with Crippen LogP contribution < -0.4 is 5.32 Å². The Hall–Kier alpha value is -2.73. The Morgan fingerprint density at radius 3 is 2.40 bits per heavy atom. The van der Waals surface area contributed by atoms with E-state index in [0.717, 1.165) is 0 Å². The molecule has 1 amide bonds. The fraction of sp³-hybridized carbons (Fsp3) is 0.263. The molecule has 2 aromatic carbocycles. The van der Waals surface area contributed by atoms with Gasteiger partial charge in [-0.15, -0.1) is 0 Å². The number of benzene rings is 2. The van der Waals surface area contributed by atoms with Gasteiger partial charge in [0.25, 0.3) is 5.91 Å². The van der Waals surface area contributed by atoms with Crippen molar-refractivity contribution in [2.45, 2.75) is 18.6 Å². The first-order chi connectivity index (χ1) is 12.0. The van der Waals surface area contributed by atoms with Gasteiger partial charge in [0.15, 0.2) is 6.10 Å². The number of carbonyl (C=O) groups excluding carboxylic acids is 2. The van der Waals surface area contributed by atoms with Crippen LogP contribution in [0.15, 0.2) is 54.6 Å². The lowest BCUT2D eigenvalue weighted by Gasteiger charge is -2.21. The third-order valence-corrected chi connectivity index (χ3v) is 3.71. The second kappa shape index (κ2) is 8.94. The summed E-state index contributed by atoms with van der Waals surface area (Å²) in [7, 11) is 2.65. The second-order valence-corrected chi connectivity index (χ2v) is 5.44. The summed E-state index contributed by atoms with van der Waals surface area (Å²) in [6.45, 7) is 0. The average molecular weight is 345 g/mol. The van der Waals surface area contributed by atoms with E-state index in [4.69, 9.17) is 9.47 Å². The topological polar surface area (TPSA) is 64.6 Å². The number of amides is 1. The van der Waals surface area contributed by atoms with Crippen LogP contribution >= 0.6 is 0 Å². The highest BCUT2D eigenvalue weighted by Crippen LogP contribution is 2.17. The minimum absolute atomic E-state index is 0.112. The van der Waals surface area contributed by atoms with Gasteiger partial charge >= 0.3 is 5.97 Å². The Morgan fingerprint density at radius 1 is 1.08 bits per heavy atom. The molecule has 5 nitrogen and oxygen atoms in total. The molecular weight excluding hydrogens is 325 g/mol. The Bertz CT molecular complexity index is 720. The van der Waals surface area contributed by atoms with Crippen LogP contribution in [0.4, 0.5) is 4.39 Å². The SMILES string of the molecule is COC(=O)[C@@H](Cc1cccc(F)c1)NC(=O)[C@H](OC)c1ccccc1. The predicted octanol–water partition coefficient (Wildman–Crippen LogP) is 2.41. The van der Waals surface area contributed by atoms with Crippen molar-refractivity contribution >= 4 is 11.9 Å². The first-order valence-corrected chi connectivity index (χ1v) is 7.75. The van der Waals surface area contributed by atoms with Gasteiger partial charge < -0.3 is 14.8 Å². The maximum Gasteiger partial charge on any atom is 0.328 e. The number of hydrogen-bond acceptors (Lipinski definition) is 4. The summed E-state index contributed by atoms with van der Waals surface area (Å²) in [6, 6.07) is 13.8. The molecule has 2 aromatic rings. The molecule has 0 aliphatic heterocycles. The molecule has 25 heavy (non-hydrogen) atoms. The number of methoxy groups -OCH3 is 2. The minimum atomic E-state index is -0.944. The average Bonchev–Trinajstić information content (AvgIpc) is 2.62. The molecule has 2 atom stereocenters. The monoisotopic (exact) mass is 345 g/mol. The van der Waals surface area contributed by atoms with Gasteiger partial charge in [-0.25, -0.2) is 9.18 Å². The van der Waals surface area contributed by atoms with Crippen LogP contribution in [0.5, 0.6) is 0 Å². The Kier molecular flexibility index (Phi) is 6.65. The van der Waals surface area contributed by atoms with E-state index in [9.17, 15) is 14.0 Å². The number of carbonyl (C=O) groups is 2. The first kappa shape index (κ1) is 18.6. The summed E-state index contributed by atoms with van der Waals surface area (Å²) in [5, 5.41) is 2.62. The van der Waals surface area contributed by atoms with Crippen molar-refractivity contribution in [3.63, 3.8) is 0 Å². The number of halogens is 1. The third-order valence-electron chi connectivity index (χ3n) is 3.71. The van der Waals surface area contributed by atoms with Gasteiger partial charge in [-0.2, -0.15) is 0 Å². The van der Waals surface area contributed by atoms with Crippen LogP contribution in [0.1, 0.15) is 17.2 Å². The van der Waals surface area contributed by atoms with Gasteiger partial charge in [0.05, 0.1) is 7.11 Å². The molecule has 0 fully saturated rings. The molecule has 6 heteroatoms. The standard InChI is InChI=1S/C19H20FNO4/c1-24-17(14-8-4-3-5-9-14)18(22)21-16(19(23)25-2)12-13-7-6-10-15(20)11-13/h3-11,16-17H,12H2,1-2H3,(H,21,22)/t16-,17-/m1/s1.